The second-order valence-corrected chi connectivity index (χ2v) is 5.37. The molecule has 4 heteroatoms. The fourth-order valence-corrected chi connectivity index (χ4v) is 2.41. The summed E-state index contributed by atoms with van der Waals surface area (Å²) in [4.78, 5) is 0. The van der Waals surface area contributed by atoms with Crippen LogP contribution in [0.15, 0.2) is 36.4 Å². The highest BCUT2D eigenvalue weighted by Crippen LogP contribution is 2.34. The molecule has 0 fully saturated rings. The Hall–Kier alpha value is -1.09. The van der Waals surface area contributed by atoms with Crippen LogP contribution in [0.5, 0.6) is 0 Å². The molecule has 0 aromatic heterocycles. The zero-order valence-corrected chi connectivity index (χ0v) is 12.7. The van der Waals surface area contributed by atoms with Crippen molar-refractivity contribution >= 4 is 23.2 Å². The van der Waals surface area contributed by atoms with Gasteiger partial charge in [-0.1, -0.05) is 48.3 Å². The SMILES string of the molecule is CCCNCc1cc(-c2cccc(Cl)c2Cl)ccc1F. The predicted octanol–water partition coefficient (Wildman–Crippen LogP) is 5.30. The van der Waals surface area contributed by atoms with E-state index in [1.165, 1.54) is 6.07 Å². The molecule has 0 aliphatic carbocycles. The molecule has 0 bridgehead atoms. The third-order valence-electron chi connectivity index (χ3n) is 3.05. The number of halogens is 3. The highest BCUT2D eigenvalue weighted by Gasteiger charge is 2.09. The zero-order valence-electron chi connectivity index (χ0n) is 11.2. The lowest BCUT2D eigenvalue weighted by Gasteiger charge is -2.10. The van der Waals surface area contributed by atoms with Gasteiger partial charge in [0.2, 0.25) is 0 Å². The third kappa shape index (κ3) is 3.51. The van der Waals surface area contributed by atoms with E-state index in [0.717, 1.165) is 24.1 Å². The molecule has 0 aliphatic heterocycles. The Labute approximate surface area is 128 Å². The Balaban J connectivity index is 2.33. The van der Waals surface area contributed by atoms with Crippen molar-refractivity contribution in [3.05, 3.63) is 57.8 Å². The standard InChI is InChI=1S/C16H16Cl2FN/c1-2-8-20-10-12-9-11(6-7-15(12)19)13-4-3-5-14(17)16(13)18/h3-7,9,20H,2,8,10H2,1H3. The molecule has 2 aromatic carbocycles. The van der Waals surface area contributed by atoms with Crippen molar-refractivity contribution in [2.24, 2.45) is 0 Å². The lowest BCUT2D eigenvalue weighted by Crippen LogP contribution is -2.14. The molecule has 0 saturated heterocycles. The molecule has 2 rings (SSSR count). The van der Waals surface area contributed by atoms with Gasteiger partial charge in [0.05, 0.1) is 10.0 Å². The van der Waals surface area contributed by atoms with Crippen LogP contribution in [0, 0.1) is 5.82 Å². The zero-order chi connectivity index (χ0) is 14.5. The Bertz CT molecular complexity index is 599. The smallest absolute Gasteiger partial charge is 0.127 e. The van der Waals surface area contributed by atoms with Crippen LogP contribution in [0.2, 0.25) is 10.0 Å². The topological polar surface area (TPSA) is 12.0 Å². The number of hydrogen-bond donors (Lipinski definition) is 1. The maximum atomic E-state index is 13.8. The summed E-state index contributed by atoms with van der Waals surface area (Å²) in [6.07, 6.45) is 1.02. The van der Waals surface area contributed by atoms with Crippen molar-refractivity contribution in [3.63, 3.8) is 0 Å². The summed E-state index contributed by atoms with van der Waals surface area (Å²) in [5, 5.41) is 4.19. The van der Waals surface area contributed by atoms with Crippen LogP contribution in [0.4, 0.5) is 4.39 Å². The molecule has 106 valence electrons. The predicted molar refractivity (Wildman–Crippen MR) is 83.9 cm³/mol. The Morgan fingerprint density at radius 3 is 2.70 bits per heavy atom. The lowest BCUT2D eigenvalue weighted by molar-refractivity contribution is 0.587. The minimum Gasteiger partial charge on any atom is -0.313 e. The van der Waals surface area contributed by atoms with Gasteiger partial charge in [0.25, 0.3) is 0 Å². The molecule has 0 unspecified atom stereocenters. The van der Waals surface area contributed by atoms with Gasteiger partial charge in [-0.3, -0.25) is 0 Å². The normalized spacial score (nSPS) is 10.8. The van der Waals surface area contributed by atoms with Crippen molar-refractivity contribution in [2.45, 2.75) is 19.9 Å². The molecule has 0 saturated carbocycles. The van der Waals surface area contributed by atoms with Crippen molar-refractivity contribution in [2.75, 3.05) is 6.54 Å². The number of rotatable bonds is 5. The minimum absolute atomic E-state index is 0.212. The highest BCUT2D eigenvalue weighted by atomic mass is 35.5. The van der Waals surface area contributed by atoms with Crippen LogP contribution in [0.1, 0.15) is 18.9 Å². The summed E-state index contributed by atoms with van der Waals surface area (Å²) in [5.74, 6) is -0.212. The molecule has 0 heterocycles. The summed E-state index contributed by atoms with van der Waals surface area (Å²) in [7, 11) is 0. The van der Waals surface area contributed by atoms with Crippen LogP contribution in [-0.2, 0) is 6.54 Å². The number of benzene rings is 2. The summed E-state index contributed by atoms with van der Waals surface area (Å²) in [6, 6.07) is 10.5. The third-order valence-corrected chi connectivity index (χ3v) is 3.87. The van der Waals surface area contributed by atoms with Gasteiger partial charge in [0.1, 0.15) is 5.82 Å². The van der Waals surface area contributed by atoms with Crippen LogP contribution < -0.4 is 5.32 Å². The van der Waals surface area contributed by atoms with Gasteiger partial charge in [-0.25, -0.2) is 4.39 Å². The van der Waals surface area contributed by atoms with E-state index in [9.17, 15) is 4.39 Å². The van der Waals surface area contributed by atoms with E-state index in [1.54, 1.807) is 12.1 Å². The van der Waals surface area contributed by atoms with Crippen LogP contribution in [-0.4, -0.2) is 6.54 Å². The molecule has 0 spiro atoms. The molecular formula is C16H16Cl2FN. The molecular weight excluding hydrogens is 296 g/mol. The molecule has 0 amide bonds. The first kappa shape index (κ1) is 15.3. The van der Waals surface area contributed by atoms with E-state index in [-0.39, 0.29) is 5.82 Å². The summed E-state index contributed by atoms with van der Waals surface area (Å²) in [5.41, 5.74) is 2.31. The minimum atomic E-state index is -0.212. The maximum absolute atomic E-state index is 13.8. The molecule has 2 aromatic rings. The Morgan fingerprint density at radius 1 is 1.15 bits per heavy atom. The van der Waals surface area contributed by atoms with Gasteiger partial charge in [-0.05, 0) is 36.7 Å². The average molecular weight is 312 g/mol. The van der Waals surface area contributed by atoms with Gasteiger partial charge in [0, 0.05) is 17.7 Å². The Morgan fingerprint density at radius 2 is 1.95 bits per heavy atom. The van der Waals surface area contributed by atoms with Crippen molar-refractivity contribution in [1.29, 1.82) is 0 Å². The van der Waals surface area contributed by atoms with E-state index in [2.05, 4.69) is 12.2 Å². The molecule has 1 N–H and O–H groups in total. The van der Waals surface area contributed by atoms with Crippen molar-refractivity contribution in [3.8, 4) is 11.1 Å². The van der Waals surface area contributed by atoms with E-state index in [4.69, 9.17) is 23.2 Å². The first-order valence-corrected chi connectivity index (χ1v) is 7.32. The first-order valence-electron chi connectivity index (χ1n) is 6.57. The van der Waals surface area contributed by atoms with E-state index >= 15 is 0 Å². The van der Waals surface area contributed by atoms with Gasteiger partial charge in [-0.15, -0.1) is 0 Å². The molecule has 0 radical (unpaired) electrons. The largest absolute Gasteiger partial charge is 0.313 e. The van der Waals surface area contributed by atoms with Gasteiger partial charge < -0.3 is 5.32 Å². The molecule has 1 nitrogen and oxygen atoms in total. The summed E-state index contributed by atoms with van der Waals surface area (Å²) >= 11 is 12.2. The maximum Gasteiger partial charge on any atom is 0.127 e. The number of nitrogens with one attached hydrogen (secondary N) is 1. The highest BCUT2D eigenvalue weighted by molar-refractivity contribution is 6.43. The van der Waals surface area contributed by atoms with Gasteiger partial charge in [0.15, 0.2) is 0 Å². The average Bonchev–Trinajstić information content (AvgIpc) is 2.44. The summed E-state index contributed by atoms with van der Waals surface area (Å²) < 4.78 is 13.8. The fourth-order valence-electron chi connectivity index (χ4n) is 2.00. The van der Waals surface area contributed by atoms with Crippen LogP contribution in [0.3, 0.4) is 0 Å². The Kier molecular flexibility index (Phi) is 5.41. The first-order chi connectivity index (χ1) is 9.63. The van der Waals surface area contributed by atoms with Gasteiger partial charge >= 0.3 is 0 Å². The second-order valence-electron chi connectivity index (χ2n) is 4.58. The molecule has 0 aliphatic rings. The van der Waals surface area contributed by atoms with Crippen LogP contribution in [0.25, 0.3) is 11.1 Å². The molecule has 20 heavy (non-hydrogen) atoms. The second kappa shape index (κ2) is 7.07. The molecule has 0 atom stereocenters. The number of hydrogen-bond acceptors (Lipinski definition) is 1. The van der Waals surface area contributed by atoms with Crippen molar-refractivity contribution < 1.29 is 4.39 Å². The lowest BCUT2D eigenvalue weighted by atomic mass is 10.0. The van der Waals surface area contributed by atoms with Crippen molar-refractivity contribution in [1.82, 2.24) is 5.32 Å². The van der Waals surface area contributed by atoms with Crippen LogP contribution >= 0.6 is 23.2 Å². The fraction of sp³-hybridized carbons (Fsp3) is 0.250. The summed E-state index contributed by atoms with van der Waals surface area (Å²) in [6.45, 7) is 3.44. The van der Waals surface area contributed by atoms with E-state index in [0.29, 0.717) is 22.2 Å². The van der Waals surface area contributed by atoms with Gasteiger partial charge in [-0.2, -0.15) is 0 Å². The van der Waals surface area contributed by atoms with E-state index < -0.39 is 0 Å². The quantitative estimate of drug-likeness (QED) is 0.739. The van der Waals surface area contributed by atoms with E-state index in [1.807, 2.05) is 18.2 Å². The monoisotopic (exact) mass is 311 g/mol.